The fourth-order valence-electron chi connectivity index (χ4n) is 2.47. The molecule has 0 atom stereocenters. The minimum Gasteiger partial charge on any atom is -0.269 e. The van der Waals surface area contributed by atoms with Crippen LogP contribution in [0.2, 0.25) is 0 Å². The summed E-state index contributed by atoms with van der Waals surface area (Å²) in [5, 5.41) is 9.09. The maximum atomic E-state index is 14.1. The molecule has 0 spiro atoms. The van der Waals surface area contributed by atoms with E-state index in [0.29, 0.717) is 10.9 Å². The average molecular weight is 367 g/mol. The maximum Gasteiger partial charge on any atom is 0.419 e. The minimum atomic E-state index is -4.80. The molecule has 0 fully saturated rings. The predicted molar refractivity (Wildman–Crippen MR) is 83.0 cm³/mol. The van der Waals surface area contributed by atoms with E-state index in [1.807, 2.05) is 6.07 Å². The summed E-state index contributed by atoms with van der Waals surface area (Å²) in [5.41, 5.74) is -1.81. The van der Waals surface area contributed by atoms with Crippen LogP contribution in [0.4, 0.5) is 17.6 Å². The van der Waals surface area contributed by atoms with Gasteiger partial charge in [0.05, 0.1) is 11.3 Å². The van der Waals surface area contributed by atoms with Gasteiger partial charge in [-0.2, -0.15) is 18.4 Å². The molecule has 128 valence electrons. The molecule has 9 heteroatoms. The van der Waals surface area contributed by atoms with Crippen LogP contribution in [0.15, 0.2) is 29.1 Å². The Bertz CT molecular complexity index is 1080. The molecular formula is C16H9F4N3OS. The number of alkyl halides is 3. The molecule has 3 rings (SSSR count). The highest BCUT2D eigenvalue weighted by molar-refractivity contribution is 7.17. The van der Waals surface area contributed by atoms with Crippen molar-refractivity contribution in [1.82, 2.24) is 9.38 Å². The molecular weight excluding hydrogens is 358 g/mol. The minimum absolute atomic E-state index is 0.133. The van der Waals surface area contributed by atoms with Crippen LogP contribution in [-0.2, 0) is 12.6 Å². The van der Waals surface area contributed by atoms with Gasteiger partial charge in [0.15, 0.2) is 4.96 Å². The Kier molecular flexibility index (Phi) is 4.08. The van der Waals surface area contributed by atoms with Gasteiger partial charge in [-0.3, -0.25) is 4.79 Å². The van der Waals surface area contributed by atoms with Crippen LogP contribution < -0.4 is 5.56 Å². The van der Waals surface area contributed by atoms with Crippen molar-refractivity contribution < 1.29 is 17.6 Å². The van der Waals surface area contributed by atoms with Crippen LogP contribution in [0.25, 0.3) is 4.96 Å². The van der Waals surface area contributed by atoms with Crippen molar-refractivity contribution in [3.63, 3.8) is 0 Å². The molecule has 0 aliphatic heterocycles. The molecule has 4 nitrogen and oxygen atoms in total. The summed E-state index contributed by atoms with van der Waals surface area (Å²) in [4.78, 5) is 17.2. The van der Waals surface area contributed by atoms with Crippen LogP contribution in [0, 0.1) is 24.1 Å². The van der Waals surface area contributed by atoms with Gasteiger partial charge in [-0.05, 0) is 18.6 Å². The van der Waals surface area contributed by atoms with Crippen molar-refractivity contribution in [2.24, 2.45) is 0 Å². The Morgan fingerprint density at radius 2 is 2.08 bits per heavy atom. The number of halogens is 4. The largest absolute Gasteiger partial charge is 0.419 e. The highest BCUT2D eigenvalue weighted by Gasteiger charge is 2.34. The summed E-state index contributed by atoms with van der Waals surface area (Å²) in [6, 6.07) is 5.99. The second-order valence-electron chi connectivity index (χ2n) is 5.28. The molecule has 2 aromatic heterocycles. The third-order valence-electron chi connectivity index (χ3n) is 3.60. The summed E-state index contributed by atoms with van der Waals surface area (Å²) in [6.07, 6.45) is -5.07. The van der Waals surface area contributed by atoms with Gasteiger partial charge in [-0.15, -0.1) is 11.3 Å². The van der Waals surface area contributed by atoms with Crippen molar-refractivity contribution >= 4 is 16.3 Å². The van der Waals surface area contributed by atoms with Crippen LogP contribution in [0.1, 0.15) is 27.4 Å². The van der Waals surface area contributed by atoms with Crippen molar-refractivity contribution in [1.29, 1.82) is 5.26 Å². The Hall–Kier alpha value is -2.73. The van der Waals surface area contributed by atoms with Gasteiger partial charge in [-0.25, -0.2) is 13.8 Å². The standard InChI is InChI=1S/C16H9F4N3OS/c1-8-12(7-21)23-13(24)6-10(22-15(23)25-8)5-9-3-2-4-11(14(9)17)16(18,19)20/h2-4,6H,5H2,1H3. The zero-order valence-electron chi connectivity index (χ0n) is 12.7. The number of aromatic nitrogens is 2. The maximum absolute atomic E-state index is 14.1. The van der Waals surface area contributed by atoms with Crippen LogP contribution in [-0.4, -0.2) is 9.38 Å². The summed E-state index contributed by atoms with van der Waals surface area (Å²) >= 11 is 1.11. The first-order valence-electron chi connectivity index (χ1n) is 6.99. The number of benzene rings is 1. The first-order chi connectivity index (χ1) is 11.7. The first-order valence-corrected chi connectivity index (χ1v) is 7.80. The molecule has 0 saturated carbocycles. The number of nitriles is 1. The molecule has 0 saturated heterocycles. The van der Waals surface area contributed by atoms with Crippen molar-refractivity contribution in [2.45, 2.75) is 19.5 Å². The van der Waals surface area contributed by atoms with Gasteiger partial charge in [0, 0.05) is 17.4 Å². The number of fused-ring (bicyclic) bond motifs is 1. The zero-order valence-corrected chi connectivity index (χ0v) is 13.5. The fraction of sp³-hybridized carbons (Fsp3) is 0.188. The van der Waals surface area contributed by atoms with E-state index in [2.05, 4.69) is 4.98 Å². The molecule has 0 radical (unpaired) electrons. The van der Waals surface area contributed by atoms with Crippen molar-refractivity contribution in [3.8, 4) is 6.07 Å². The second-order valence-corrected chi connectivity index (χ2v) is 6.46. The third kappa shape index (κ3) is 3.00. The Morgan fingerprint density at radius 1 is 1.36 bits per heavy atom. The smallest absolute Gasteiger partial charge is 0.269 e. The Labute approximate surface area is 142 Å². The molecule has 0 aliphatic rings. The predicted octanol–water partition coefficient (Wildman–Crippen LogP) is 3.68. The van der Waals surface area contributed by atoms with E-state index in [4.69, 9.17) is 5.26 Å². The topological polar surface area (TPSA) is 58.2 Å². The average Bonchev–Trinajstić information content (AvgIpc) is 2.84. The first kappa shape index (κ1) is 17.1. The van der Waals surface area contributed by atoms with E-state index in [1.54, 1.807) is 6.92 Å². The Balaban J connectivity index is 2.09. The zero-order chi connectivity index (χ0) is 18.4. The molecule has 1 aromatic carbocycles. The Morgan fingerprint density at radius 3 is 2.72 bits per heavy atom. The number of hydrogen-bond acceptors (Lipinski definition) is 4. The molecule has 0 bridgehead atoms. The lowest BCUT2D eigenvalue weighted by molar-refractivity contribution is -0.140. The quantitative estimate of drug-likeness (QED) is 0.649. The summed E-state index contributed by atoms with van der Waals surface area (Å²) < 4.78 is 53.6. The lowest BCUT2D eigenvalue weighted by Crippen LogP contribution is -2.16. The highest BCUT2D eigenvalue weighted by Crippen LogP contribution is 2.32. The van der Waals surface area contributed by atoms with Gasteiger partial charge < -0.3 is 0 Å². The lowest BCUT2D eigenvalue weighted by Gasteiger charge is -2.11. The summed E-state index contributed by atoms with van der Waals surface area (Å²) in [6.45, 7) is 1.66. The molecule has 0 amide bonds. The number of nitrogens with zero attached hydrogens (tertiary/aromatic N) is 3. The number of hydrogen-bond donors (Lipinski definition) is 0. The summed E-state index contributed by atoms with van der Waals surface area (Å²) in [5.74, 6) is -1.38. The van der Waals surface area contributed by atoms with E-state index in [9.17, 15) is 22.4 Å². The van der Waals surface area contributed by atoms with E-state index in [0.717, 1.165) is 27.9 Å². The number of aryl methyl sites for hydroxylation is 1. The van der Waals surface area contributed by atoms with Crippen LogP contribution >= 0.6 is 11.3 Å². The SMILES string of the molecule is Cc1sc2nc(Cc3cccc(C(F)(F)F)c3F)cc(=O)n2c1C#N. The monoisotopic (exact) mass is 367 g/mol. The fourth-order valence-corrected chi connectivity index (χ4v) is 3.42. The van der Waals surface area contributed by atoms with E-state index >= 15 is 0 Å². The van der Waals surface area contributed by atoms with Gasteiger partial charge in [0.2, 0.25) is 0 Å². The van der Waals surface area contributed by atoms with E-state index in [1.165, 1.54) is 6.07 Å². The van der Waals surface area contributed by atoms with E-state index in [-0.39, 0.29) is 28.3 Å². The molecule has 0 N–H and O–H groups in total. The van der Waals surface area contributed by atoms with Gasteiger partial charge in [-0.1, -0.05) is 12.1 Å². The van der Waals surface area contributed by atoms with Crippen LogP contribution in [0.3, 0.4) is 0 Å². The van der Waals surface area contributed by atoms with E-state index < -0.39 is 23.1 Å². The van der Waals surface area contributed by atoms with Gasteiger partial charge in [0.1, 0.15) is 17.6 Å². The molecule has 25 heavy (non-hydrogen) atoms. The molecule has 0 unspecified atom stereocenters. The number of thiazole rings is 1. The van der Waals surface area contributed by atoms with Gasteiger partial charge >= 0.3 is 6.18 Å². The molecule has 2 heterocycles. The number of rotatable bonds is 2. The highest BCUT2D eigenvalue weighted by atomic mass is 32.1. The molecule has 0 aliphatic carbocycles. The molecule has 3 aromatic rings. The third-order valence-corrected chi connectivity index (χ3v) is 4.56. The van der Waals surface area contributed by atoms with Gasteiger partial charge in [0.25, 0.3) is 5.56 Å². The van der Waals surface area contributed by atoms with Crippen molar-refractivity contribution in [2.75, 3.05) is 0 Å². The second kappa shape index (κ2) is 5.97. The summed E-state index contributed by atoms with van der Waals surface area (Å²) in [7, 11) is 0. The van der Waals surface area contributed by atoms with Crippen molar-refractivity contribution in [3.05, 3.63) is 67.8 Å². The van der Waals surface area contributed by atoms with Crippen LogP contribution in [0.5, 0.6) is 0 Å². The lowest BCUT2D eigenvalue weighted by atomic mass is 10.0. The normalized spacial score (nSPS) is 11.7.